The lowest BCUT2D eigenvalue weighted by Crippen LogP contribution is -2.34. The van der Waals surface area contributed by atoms with Crippen molar-refractivity contribution in [2.45, 2.75) is 45.3 Å². The van der Waals surface area contributed by atoms with Crippen LogP contribution in [0.3, 0.4) is 0 Å². The minimum atomic E-state index is 0.0129. The molecule has 1 aromatic carbocycles. The molecule has 2 amide bonds. The van der Waals surface area contributed by atoms with Crippen LogP contribution in [0.15, 0.2) is 24.3 Å². The van der Waals surface area contributed by atoms with Crippen LogP contribution in [-0.2, 0) is 35.6 Å². The zero-order valence-electron chi connectivity index (χ0n) is 16.6. The predicted molar refractivity (Wildman–Crippen MR) is 106 cm³/mol. The Kier molecular flexibility index (Phi) is 6.14. The molecule has 0 bridgehead atoms. The number of carbonyl (C=O) groups excluding carboxylic acids is 2. The lowest BCUT2D eigenvalue weighted by Gasteiger charge is -2.28. The summed E-state index contributed by atoms with van der Waals surface area (Å²) in [5, 5.41) is 14.9. The molecule has 2 aromatic rings. The summed E-state index contributed by atoms with van der Waals surface area (Å²) in [7, 11) is 0. The third kappa shape index (κ3) is 4.97. The van der Waals surface area contributed by atoms with Gasteiger partial charge < -0.3 is 10.2 Å². The van der Waals surface area contributed by atoms with Crippen LogP contribution in [0.4, 0.5) is 0 Å². The second-order valence-corrected chi connectivity index (χ2v) is 7.63. The lowest BCUT2D eigenvalue weighted by molar-refractivity contribution is -0.131. The summed E-state index contributed by atoms with van der Waals surface area (Å²) in [5.41, 5.74) is 2.79. The molecule has 0 saturated carbocycles. The molecular weight excluding hydrogens is 370 g/mol. The van der Waals surface area contributed by atoms with Gasteiger partial charge in [-0.25, -0.2) is 4.68 Å². The second kappa shape index (κ2) is 9.13. The zero-order chi connectivity index (χ0) is 20.1. The smallest absolute Gasteiger partial charge is 0.222 e. The van der Waals surface area contributed by atoms with Crippen molar-refractivity contribution in [3.8, 4) is 0 Å². The van der Waals surface area contributed by atoms with Gasteiger partial charge in [-0.3, -0.25) is 14.5 Å². The van der Waals surface area contributed by atoms with E-state index in [0.717, 1.165) is 25.3 Å². The van der Waals surface area contributed by atoms with Gasteiger partial charge in [0.15, 0.2) is 5.82 Å². The molecule has 2 aliphatic rings. The molecule has 0 radical (unpaired) electrons. The van der Waals surface area contributed by atoms with Crippen LogP contribution in [0.1, 0.15) is 36.2 Å². The summed E-state index contributed by atoms with van der Waals surface area (Å²) in [5.74, 6) is 0.934. The highest BCUT2D eigenvalue weighted by Crippen LogP contribution is 2.19. The SMILES string of the molecule is O=C1CCN(C(=O)CCCn2nnnc2CN2CCc3ccccc3C2)CCN1. The molecule has 0 aliphatic carbocycles. The van der Waals surface area contributed by atoms with E-state index in [1.54, 1.807) is 9.58 Å². The van der Waals surface area contributed by atoms with Crippen LogP contribution >= 0.6 is 0 Å². The molecule has 1 N–H and O–H groups in total. The molecule has 2 aliphatic heterocycles. The van der Waals surface area contributed by atoms with Gasteiger partial charge in [0, 0.05) is 52.1 Å². The number of hydrogen-bond donors (Lipinski definition) is 1. The molecule has 1 fully saturated rings. The number of tetrazole rings is 1. The van der Waals surface area contributed by atoms with Crippen LogP contribution in [-0.4, -0.2) is 68.0 Å². The largest absolute Gasteiger partial charge is 0.354 e. The van der Waals surface area contributed by atoms with Gasteiger partial charge in [-0.05, 0) is 34.4 Å². The highest BCUT2D eigenvalue weighted by atomic mass is 16.2. The maximum Gasteiger partial charge on any atom is 0.222 e. The van der Waals surface area contributed by atoms with Crippen LogP contribution < -0.4 is 5.32 Å². The van der Waals surface area contributed by atoms with Crippen molar-refractivity contribution in [1.29, 1.82) is 0 Å². The Morgan fingerprint density at radius 1 is 1.10 bits per heavy atom. The summed E-state index contributed by atoms with van der Waals surface area (Å²) in [6.07, 6.45) is 2.53. The molecule has 0 atom stereocenters. The molecule has 154 valence electrons. The fourth-order valence-corrected chi connectivity index (χ4v) is 3.95. The first-order chi connectivity index (χ1) is 14.2. The van der Waals surface area contributed by atoms with Gasteiger partial charge in [0.25, 0.3) is 0 Å². The van der Waals surface area contributed by atoms with Crippen molar-refractivity contribution in [2.75, 3.05) is 26.2 Å². The topological polar surface area (TPSA) is 96.2 Å². The first-order valence-electron chi connectivity index (χ1n) is 10.3. The summed E-state index contributed by atoms with van der Waals surface area (Å²) < 4.78 is 1.81. The summed E-state index contributed by atoms with van der Waals surface area (Å²) in [6, 6.07) is 8.56. The Morgan fingerprint density at radius 3 is 2.86 bits per heavy atom. The van der Waals surface area contributed by atoms with E-state index in [9.17, 15) is 9.59 Å². The molecule has 9 heteroatoms. The highest BCUT2D eigenvalue weighted by molar-refractivity contribution is 5.80. The van der Waals surface area contributed by atoms with E-state index >= 15 is 0 Å². The average molecular weight is 397 g/mol. The number of benzene rings is 1. The van der Waals surface area contributed by atoms with Crippen molar-refractivity contribution in [3.63, 3.8) is 0 Å². The van der Waals surface area contributed by atoms with Crippen molar-refractivity contribution in [3.05, 3.63) is 41.2 Å². The van der Waals surface area contributed by atoms with Crippen LogP contribution in [0.5, 0.6) is 0 Å². The third-order valence-electron chi connectivity index (χ3n) is 5.61. The van der Waals surface area contributed by atoms with Gasteiger partial charge in [0.2, 0.25) is 11.8 Å². The first-order valence-corrected chi connectivity index (χ1v) is 10.3. The molecule has 29 heavy (non-hydrogen) atoms. The van der Waals surface area contributed by atoms with E-state index in [1.807, 2.05) is 0 Å². The first kappa shape index (κ1) is 19.5. The van der Waals surface area contributed by atoms with Gasteiger partial charge in [0.05, 0.1) is 6.54 Å². The van der Waals surface area contributed by atoms with Crippen molar-refractivity contribution in [2.24, 2.45) is 0 Å². The molecule has 0 unspecified atom stereocenters. The number of carbonyl (C=O) groups is 2. The fourth-order valence-electron chi connectivity index (χ4n) is 3.95. The zero-order valence-corrected chi connectivity index (χ0v) is 16.6. The number of nitrogens with zero attached hydrogens (tertiary/aromatic N) is 6. The van der Waals surface area contributed by atoms with E-state index in [0.29, 0.717) is 52.0 Å². The molecule has 0 spiro atoms. The van der Waals surface area contributed by atoms with Gasteiger partial charge in [-0.1, -0.05) is 24.3 Å². The van der Waals surface area contributed by atoms with E-state index < -0.39 is 0 Å². The standard InChI is InChI=1S/C20H27N7O2/c28-19-8-12-26(13-9-21-19)20(29)6-3-10-27-18(22-23-24-27)15-25-11-7-16-4-1-2-5-17(16)14-25/h1-2,4-5H,3,6-15H2,(H,21,28). The van der Waals surface area contributed by atoms with Crippen molar-refractivity contribution < 1.29 is 9.59 Å². The van der Waals surface area contributed by atoms with E-state index in [1.165, 1.54) is 11.1 Å². The van der Waals surface area contributed by atoms with E-state index in [-0.39, 0.29) is 11.8 Å². The summed E-state index contributed by atoms with van der Waals surface area (Å²) in [6.45, 7) is 4.82. The highest BCUT2D eigenvalue weighted by Gasteiger charge is 2.20. The second-order valence-electron chi connectivity index (χ2n) is 7.63. The Balaban J connectivity index is 1.26. The minimum absolute atomic E-state index is 0.0129. The summed E-state index contributed by atoms with van der Waals surface area (Å²) >= 11 is 0. The monoisotopic (exact) mass is 397 g/mol. The van der Waals surface area contributed by atoms with Gasteiger partial charge in [-0.15, -0.1) is 5.10 Å². The Labute approximate surface area is 170 Å². The maximum absolute atomic E-state index is 12.4. The van der Waals surface area contributed by atoms with Crippen LogP contribution in [0.2, 0.25) is 0 Å². The van der Waals surface area contributed by atoms with Gasteiger partial charge in [0.1, 0.15) is 0 Å². The molecule has 9 nitrogen and oxygen atoms in total. The van der Waals surface area contributed by atoms with E-state index in [2.05, 4.69) is 50.0 Å². The number of aromatic nitrogens is 4. The predicted octanol–water partition coefficient (Wildman–Crippen LogP) is 0.360. The number of rotatable bonds is 6. The maximum atomic E-state index is 12.4. The molecule has 4 rings (SSSR count). The average Bonchev–Trinajstić information content (AvgIpc) is 3.04. The number of amides is 2. The molecule has 3 heterocycles. The normalized spacial score (nSPS) is 17.5. The number of nitrogens with one attached hydrogen (secondary N) is 1. The van der Waals surface area contributed by atoms with Crippen LogP contribution in [0, 0.1) is 0 Å². The van der Waals surface area contributed by atoms with Crippen LogP contribution in [0.25, 0.3) is 0 Å². The quantitative estimate of drug-likeness (QED) is 0.756. The van der Waals surface area contributed by atoms with Crippen molar-refractivity contribution in [1.82, 2.24) is 35.3 Å². The van der Waals surface area contributed by atoms with Gasteiger partial charge >= 0.3 is 0 Å². The Morgan fingerprint density at radius 2 is 1.97 bits per heavy atom. The molecule has 1 saturated heterocycles. The van der Waals surface area contributed by atoms with E-state index in [4.69, 9.17) is 0 Å². The molecule has 1 aromatic heterocycles. The third-order valence-corrected chi connectivity index (χ3v) is 5.61. The fraction of sp³-hybridized carbons (Fsp3) is 0.550. The summed E-state index contributed by atoms with van der Waals surface area (Å²) in [4.78, 5) is 28.0. The van der Waals surface area contributed by atoms with Crippen molar-refractivity contribution >= 4 is 11.8 Å². The Bertz CT molecular complexity index is 866. The van der Waals surface area contributed by atoms with Gasteiger partial charge in [-0.2, -0.15) is 0 Å². The lowest BCUT2D eigenvalue weighted by atomic mass is 10.00. The number of hydrogen-bond acceptors (Lipinski definition) is 6. The number of aryl methyl sites for hydroxylation is 1. The Hall–Kier alpha value is -2.81. The number of fused-ring (bicyclic) bond motifs is 1. The molecular formula is C20H27N7O2. The minimum Gasteiger partial charge on any atom is -0.354 e.